The topological polar surface area (TPSA) is 120 Å². The van der Waals surface area contributed by atoms with E-state index in [2.05, 4.69) is 118 Å². The molecule has 2 amide bonds. The predicted octanol–water partition coefficient (Wildman–Crippen LogP) is 15.5. The van der Waals surface area contributed by atoms with Crippen molar-refractivity contribution in [1.82, 2.24) is 21.0 Å². The Morgan fingerprint density at radius 3 is 1.64 bits per heavy atom. The summed E-state index contributed by atoms with van der Waals surface area (Å²) >= 11 is 14.5. The monoisotopic (exact) mass is 1070 g/mol. The third kappa shape index (κ3) is 16.4. The molecule has 16 heteroatoms. The van der Waals surface area contributed by atoms with E-state index in [-0.39, 0.29) is 28.0 Å². The first-order valence-electron chi connectivity index (χ1n) is 24.5. The Morgan fingerprint density at radius 1 is 0.708 bits per heavy atom. The molecule has 0 spiro atoms. The van der Waals surface area contributed by atoms with Crippen molar-refractivity contribution < 1.29 is 23.2 Å². The van der Waals surface area contributed by atoms with Gasteiger partial charge < -0.3 is 13.6 Å². The molecule has 4 aromatic carbocycles. The highest BCUT2D eigenvalue weighted by molar-refractivity contribution is 7.14. The SMILES string of the molecule is C1CCOC1.[C-]#[N+]c1ccc(C[C@@H](C(=O)NNC(=O)c2ccccc2)[C@@H](C)O[Si](C)(C)C(C)(C)C)c(C)c1Cl.[C-]#[N+]c1ccc(C[C@@H](c2nnc(-c3ccccc3)s2)[C@@H](C)O[Si](C)(C)C(C)(C)C)c(C)c1Cl. The third-order valence-corrected chi connectivity index (χ3v) is 25.3. The third-order valence-electron chi connectivity index (χ3n) is 14.1. The summed E-state index contributed by atoms with van der Waals surface area (Å²) in [5.41, 5.74) is 11.2. The van der Waals surface area contributed by atoms with Crippen molar-refractivity contribution in [1.29, 1.82) is 0 Å². The molecule has 4 atom stereocenters. The number of rotatable bonds is 14. The standard InChI is InChI=1S/C26H34ClN3O3Si.C26H32ClN3OSSi.C4H8O/c1-17-20(14-15-22(28-6)23(17)27)16-21(18(2)33-34(7,8)26(3,4)5)25(32)30-29-24(31)19-12-10-9-11-13-19;1-17-20(14-15-22(28-6)23(17)27)16-21(18(2)31-33(7,8)26(3,4)5)25-30-29-24(32-25)19-12-10-9-11-13-19;1-2-4-5-3-1/h9-15,18,21H,16H2,1-5,7-8H3,(H,29,31)(H,30,32);9-15,18,21H,16H2,1-5,7-8H3;1-4H2/t2*18-,21-;/m11./s1. The molecule has 1 aliphatic rings. The molecule has 6 rings (SSSR count). The zero-order valence-electron chi connectivity index (χ0n) is 44.6. The number of hydrazine groups is 1. The Hall–Kier alpha value is -4.75. The first-order chi connectivity index (χ1) is 33.7. The van der Waals surface area contributed by atoms with Crippen molar-refractivity contribution in [2.75, 3.05) is 13.2 Å². The second-order valence-electron chi connectivity index (χ2n) is 21.3. The Kier molecular flexibility index (Phi) is 22.0. The van der Waals surface area contributed by atoms with Gasteiger partial charge in [0.1, 0.15) is 10.0 Å². The largest absolute Gasteiger partial charge is 0.414 e. The van der Waals surface area contributed by atoms with Gasteiger partial charge in [0.2, 0.25) is 17.3 Å². The number of ether oxygens (including phenoxy) is 1. The zero-order valence-corrected chi connectivity index (χ0v) is 49.0. The second kappa shape index (κ2) is 26.5. The van der Waals surface area contributed by atoms with Gasteiger partial charge in [0.05, 0.1) is 41.3 Å². The number of benzene rings is 4. The van der Waals surface area contributed by atoms with Crippen LogP contribution in [0.25, 0.3) is 20.3 Å². The molecule has 0 bridgehead atoms. The van der Waals surface area contributed by atoms with Gasteiger partial charge in [-0.3, -0.25) is 20.4 Å². The number of carbonyl (C=O) groups excluding carboxylic acids is 2. The molecule has 0 aliphatic carbocycles. The highest BCUT2D eigenvalue weighted by atomic mass is 35.5. The fraction of sp³-hybridized carbons (Fsp3) is 0.464. The molecule has 72 heavy (non-hydrogen) atoms. The van der Waals surface area contributed by atoms with Gasteiger partial charge in [-0.05, 0) is 124 Å². The first-order valence-corrected chi connectivity index (χ1v) is 31.9. The number of halogens is 2. The smallest absolute Gasteiger partial charge is 0.269 e. The number of aromatic nitrogens is 2. The maximum absolute atomic E-state index is 13.3. The van der Waals surface area contributed by atoms with Crippen LogP contribution in [0.4, 0.5) is 11.4 Å². The van der Waals surface area contributed by atoms with Crippen LogP contribution in [0.3, 0.4) is 0 Å². The fourth-order valence-corrected chi connectivity index (χ4v) is 11.7. The summed E-state index contributed by atoms with van der Waals surface area (Å²) < 4.78 is 18.3. The van der Waals surface area contributed by atoms with Gasteiger partial charge >= 0.3 is 0 Å². The Bertz CT molecular complexity index is 2660. The number of amides is 2. The van der Waals surface area contributed by atoms with E-state index in [1.807, 2.05) is 63.2 Å². The molecular weight excluding hydrogens is 996 g/mol. The lowest BCUT2D eigenvalue weighted by Crippen LogP contribution is -2.51. The maximum Gasteiger partial charge on any atom is 0.269 e. The molecule has 0 radical (unpaired) electrons. The zero-order chi connectivity index (χ0) is 53.6. The molecular formula is C56H74Cl2N6O5SSi2. The highest BCUT2D eigenvalue weighted by Gasteiger charge is 2.42. The number of nitrogens with one attached hydrogen (secondary N) is 2. The summed E-state index contributed by atoms with van der Waals surface area (Å²) in [7, 11) is -4.15. The fourth-order valence-electron chi connectivity index (χ4n) is 7.35. The summed E-state index contributed by atoms with van der Waals surface area (Å²) in [6.07, 6.45) is 3.19. The van der Waals surface area contributed by atoms with Crippen LogP contribution in [0.1, 0.15) is 112 Å². The van der Waals surface area contributed by atoms with Crippen molar-refractivity contribution >= 4 is 74.4 Å². The maximum atomic E-state index is 13.3. The van der Waals surface area contributed by atoms with E-state index in [1.165, 1.54) is 12.8 Å². The summed E-state index contributed by atoms with van der Waals surface area (Å²) in [6.45, 7) is 46.6. The summed E-state index contributed by atoms with van der Waals surface area (Å²) in [4.78, 5) is 32.7. The molecule has 5 aromatic rings. The van der Waals surface area contributed by atoms with Crippen LogP contribution in [-0.4, -0.2) is 64.1 Å². The molecule has 1 saturated heterocycles. The van der Waals surface area contributed by atoms with Crippen molar-refractivity contribution in [2.45, 2.75) is 149 Å². The van der Waals surface area contributed by atoms with Gasteiger partial charge in [-0.1, -0.05) is 149 Å². The van der Waals surface area contributed by atoms with Gasteiger partial charge in [0, 0.05) is 30.3 Å². The number of hydrogen-bond donors (Lipinski definition) is 2. The van der Waals surface area contributed by atoms with Crippen molar-refractivity contribution in [3.05, 3.63) is 151 Å². The van der Waals surface area contributed by atoms with E-state index in [0.717, 1.165) is 57.5 Å². The lowest BCUT2D eigenvalue weighted by atomic mass is 9.91. The molecule has 2 N–H and O–H groups in total. The van der Waals surface area contributed by atoms with Gasteiger partial charge in [0.15, 0.2) is 16.6 Å². The summed E-state index contributed by atoms with van der Waals surface area (Å²) in [5, 5.41) is 12.0. The second-order valence-corrected chi connectivity index (χ2v) is 32.6. The Labute approximate surface area is 445 Å². The summed E-state index contributed by atoms with van der Waals surface area (Å²) in [6, 6.07) is 26.1. The first kappa shape index (κ1) is 59.8. The van der Waals surface area contributed by atoms with Crippen LogP contribution in [0.2, 0.25) is 46.3 Å². The quantitative estimate of drug-likeness (QED) is 0.0645. The molecule has 1 aliphatic heterocycles. The summed E-state index contributed by atoms with van der Waals surface area (Å²) in [5.74, 6) is -1.30. The van der Waals surface area contributed by atoms with Gasteiger partial charge in [-0.2, -0.15) is 0 Å². The predicted molar refractivity (Wildman–Crippen MR) is 301 cm³/mol. The average Bonchev–Trinajstić information content (AvgIpc) is 4.09. The van der Waals surface area contributed by atoms with Crippen LogP contribution in [0.15, 0.2) is 84.9 Å². The van der Waals surface area contributed by atoms with E-state index >= 15 is 0 Å². The van der Waals surface area contributed by atoms with E-state index in [1.54, 1.807) is 41.7 Å². The van der Waals surface area contributed by atoms with E-state index in [9.17, 15) is 9.59 Å². The Balaban J connectivity index is 0.000000284. The van der Waals surface area contributed by atoms with Crippen molar-refractivity contribution in [3.63, 3.8) is 0 Å². The molecule has 0 unspecified atom stereocenters. The average molecular weight is 1070 g/mol. The minimum atomic E-state index is -2.16. The van der Waals surface area contributed by atoms with Gasteiger partial charge in [-0.15, -0.1) is 10.2 Å². The molecule has 386 valence electrons. The minimum Gasteiger partial charge on any atom is -0.414 e. The molecule has 1 aromatic heterocycles. The minimum absolute atomic E-state index is 0.0275. The van der Waals surface area contributed by atoms with Gasteiger partial charge in [-0.25, -0.2) is 9.69 Å². The van der Waals surface area contributed by atoms with Crippen LogP contribution in [0, 0.1) is 32.9 Å². The van der Waals surface area contributed by atoms with Crippen LogP contribution in [-0.2, 0) is 31.2 Å². The van der Waals surface area contributed by atoms with Crippen molar-refractivity contribution in [2.24, 2.45) is 5.92 Å². The van der Waals surface area contributed by atoms with E-state index in [0.29, 0.717) is 33.4 Å². The van der Waals surface area contributed by atoms with E-state index < -0.39 is 34.6 Å². The highest BCUT2D eigenvalue weighted by Crippen LogP contribution is 2.42. The normalized spacial score (nSPS) is 14.5. The molecule has 0 saturated carbocycles. The van der Waals surface area contributed by atoms with Crippen LogP contribution < -0.4 is 10.9 Å². The Morgan fingerprint density at radius 2 is 1.18 bits per heavy atom. The number of carbonyl (C=O) groups is 2. The van der Waals surface area contributed by atoms with Gasteiger partial charge in [0.25, 0.3) is 5.91 Å². The number of nitrogens with zero attached hydrogens (tertiary/aromatic N) is 4. The molecule has 11 nitrogen and oxygen atoms in total. The van der Waals surface area contributed by atoms with E-state index in [4.69, 9.17) is 49.9 Å². The van der Waals surface area contributed by atoms with Crippen LogP contribution in [0.5, 0.6) is 0 Å². The van der Waals surface area contributed by atoms with Crippen LogP contribution >= 0.6 is 34.5 Å². The molecule has 2 heterocycles. The number of hydrogen-bond acceptors (Lipinski definition) is 8. The van der Waals surface area contributed by atoms with Crippen molar-refractivity contribution in [3.8, 4) is 10.6 Å². The molecule has 1 fully saturated rings. The lowest BCUT2D eigenvalue weighted by Gasteiger charge is -2.40. The lowest BCUT2D eigenvalue weighted by molar-refractivity contribution is -0.128.